The summed E-state index contributed by atoms with van der Waals surface area (Å²) in [7, 11) is 0. The van der Waals surface area contributed by atoms with E-state index in [2.05, 4.69) is 36.9 Å². The van der Waals surface area contributed by atoms with Gasteiger partial charge < -0.3 is 65.8 Å². The highest BCUT2D eigenvalue weighted by molar-refractivity contribution is 5.98. The molecule has 4 atom stereocenters. The molecule has 8 N–H and O–H groups in total. The van der Waals surface area contributed by atoms with Crippen molar-refractivity contribution in [3.05, 3.63) is 169 Å². The molecule has 0 spiro atoms. The monoisotopic (exact) mass is 1220 g/mol. The third-order valence-corrected chi connectivity index (χ3v) is 16.2. The highest BCUT2D eigenvalue weighted by Gasteiger charge is 2.46. The second-order valence-electron chi connectivity index (χ2n) is 22.1. The molecule has 464 valence electrons. The maximum Gasteiger partial charge on any atom is 0.407 e. The lowest BCUT2D eigenvalue weighted by atomic mass is 9.81. The first-order chi connectivity index (χ1) is 42.9. The van der Waals surface area contributed by atoms with E-state index >= 15 is 4.39 Å². The Labute approximate surface area is 509 Å². The molecule has 89 heavy (non-hydrogen) atoms. The van der Waals surface area contributed by atoms with Crippen molar-refractivity contribution in [3.63, 3.8) is 0 Å². The zero-order valence-corrected chi connectivity index (χ0v) is 49.0. The van der Waals surface area contributed by atoms with E-state index in [0.717, 1.165) is 11.1 Å². The van der Waals surface area contributed by atoms with Crippen LogP contribution in [-0.4, -0.2) is 122 Å². The number of nitrogens with zero attached hydrogens (tertiary/aromatic N) is 4. The Hall–Kier alpha value is -9.72. The molecule has 25 heteroatoms. The number of carbonyl (C=O) groups is 8. The van der Waals surface area contributed by atoms with Crippen LogP contribution in [-0.2, 0) is 87.7 Å². The second kappa shape index (κ2) is 27.5. The Morgan fingerprint density at radius 2 is 1.67 bits per heavy atom. The van der Waals surface area contributed by atoms with Gasteiger partial charge in [0.1, 0.15) is 43.6 Å². The number of hydrogen-bond acceptors (Lipinski definition) is 16. The average molecular weight is 1220 g/mol. The molecule has 0 fully saturated rings. The van der Waals surface area contributed by atoms with Crippen molar-refractivity contribution < 1.29 is 67.2 Å². The fourth-order valence-electron chi connectivity index (χ4n) is 11.5. The predicted octanol–water partition coefficient (Wildman–Crippen LogP) is 3.96. The van der Waals surface area contributed by atoms with E-state index < -0.39 is 77.5 Å². The molecule has 6 heterocycles. The molecule has 3 aromatic carbocycles. The van der Waals surface area contributed by atoms with Gasteiger partial charge in [0.05, 0.1) is 60.4 Å². The number of pyridine rings is 3. The number of aryl methyl sites for hydroxylation is 1. The Morgan fingerprint density at radius 3 is 2.44 bits per heavy atom. The first-order valence-corrected chi connectivity index (χ1v) is 29.4. The number of aliphatic hydroxyl groups excluding tert-OH is 1. The van der Waals surface area contributed by atoms with Crippen LogP contribution in [0.5, 0.6) is 0 Å². The number of rotatable bonds is 25. The number of fused-ring (bicyclic) bond motifs is 5. The van der Waals surface area contributed by atoms with Crippen LogP contribution < -0.4 is 37.5 Å². The minimum absolute atomic E-state index is 0.0382. The predicted molar refractivity (Wildman–Crippen MR) is 318 cm³/mol. The number of anilines is 1. The molecule has 0 saturated carbocycles. The van der Waals surface area contributed by atoms with E-state index in [0.29, 0.717) is 94.6 Å². The SMILES string of the molecule is CC[C@@]1(O)C(=O)OCc2c1cc1n(c2=O)Cc2c-1nc1cc(F)c(C)c3c1c2[C@@H](NC(=O)c1cccc(CNC(=O)OCc2ccc(NC(=O)CNC(=O)[C@H](Cc4ccccc4)NC(=O)COCCNC(=O)CCCCCN4C(=O)C=CC4O)cc2)n1)CC3. The molecule has 3 aliphatic heterocycles. The number of ether oxygens (including phenoxy) is 3. The molecular formula is C64H67FN10O14. The fraction of sp³-hybridized carbons (Fsp3) is 0.359. The van der Waals surface area contributed by atoms with Gasteiger partial charge in [-0.25, -0.2) is 23.9 Å². The van der Waals surface area contributed by atoms with Crippen molar-refractivity contribution in [2.45, 2.75) is 115 Å². The number of hydrogen-bond donors (Lipinski definition) is 8. The van der Waals surface area contributed by atoms with Gasteiger partial charge >= 0.3 is 12.1 Å². The molecule has 7 amide bonds. The van der Waals surface area contributed by atoms with Gasteiger partial charge in [0.2, 0.25) is 29.5 Å². The summed E-state index contributed by atoms with van der Waals surface area (Å²) in [6.07, 6.45) is 4.13. The molecule has 1 aliphatic carbocycles. The quantitative estimate of drug-likeness (QED) is 0.0297. The summed E-state index contributed by atoms with van der Waals surface area (Å²) in [6.45, 7) is 2.60. The summed E-state index contributed by atoms with van der Waals surface area (Å²) >= 11 is 0. The van der Waals surface area contributed by atoms with Gasteiger partial charge in [-0.1, -0.05) is 61.9 Å². The molecular weight excluding hydrogens is 1150 g/mol. The minimum atomic E-state index is -2.05. The van der Waals surface area contributed by atoms with Crippen LogP contribution in [0, 0.1) is 12.7 Å². The Kier molecular flexibility index (Phi) is 19.3. The van der Waals surface area contributed by atoms with Gasteiger partial charge in [0, 0.05) is 60.3 Å². The van der Waals surface area contributed by atoms with Gasteiger partial charge in [-0.2, -0.15) is 0 Å². The lowest BCUT2D eigenvalue weighted by Crippen LogP contribution is -2.50. The third kappa shape index (κ3) is 14.2. The molecule has 6 aromatic rings. The lowest BCUT2D eigenvalue weighted by molar-refractivity contribution is -0.172. The molecule has 0 bridgehead atoms. The van der Waals surface area contributed by atoms with E-state index in [1.807, 2.05) is 6.07 Å². The minimum Gasteiger partial charge on any atom is -0.458 e. The van der Waals surface area contributed by atoms with Gasteiger partial charge in [-0.3, -0.25) is 33.6 Å². The number of nitrogens with one attached hydrogen (secondary N) is 6. The van der Waals surface area contributed by atoms with Gasteiger partial charge in [0.25, 0.3) is 11.5 Å². The van der Waals surface area contributed by atoms with Crippen LogP contribution in [0.4, 0.5) is 14.9 Å². The highest BCUT2D eigenvalue weighted by Crippen LogP contribution is 2.46. The van der Waals surface area contributed by atoms with E-state index in [9.17, 15) is 53.4 Å². The average Bonchev–Trinajstić information content (AvgIpc) is 1.73. The summed E-state index contributed by atoms with van der Waals surface area (Å²) in [4.78, 5) is 128. The van der Waals surface area contributed by atoms with Crippen molar-refractivity contribution >= 4 is 64.1 Å². The van der Waals surface area contributed by atoms with E-state index in [1.165, 1.54) is 33.8 Å². The van der Waals surface area contributed by atoms with Crippen LogP contribution in [0.3, 0.4) is 0 Å². The Bertz CT molecular complexity index is 3860. The number of halogens is 1. The van der Waals surface area contributed by atoms with Crippen molar-refractivity contribution in [2.24, 2.45) is 0 Å². The van der Waals surface area contributed by atoms with E-state index in [-0.39, 0.29) is 94.0 Å². The summed E-state index contributed by atoms with van der Waals surface area (Å²) in [5.41, 5.74) is 3.47. The van der Waals surface area contributed by atoms with Gasteiger partial charge in [0.15, 0.2) is 5.60 Å². The zero-order valence-electron chi connectivity index (χ0n) is 49.0. The molecule has 24 nitrogen and oxygen atoms in total. The fourth-order valence-corrected chi connectivity index (χ4v) is 11.5. The van der Waals surface area contributed by atoms with Crippen LogP contribution in [0.15, 0.2) is 102 Å². The Balaban J connectivity index is 0.667. The largest absolute Gasteiger partial charge is 0.458 e. The van der Waals surface area contributed by atoms with Crippen molar-refractivity contribution in [2.75, 3.05) is 38.2 Å². The normalized spacial score (nSPS) is 17.2. The summed E-state index contributed by atoms with van der Waals surface area (Å²) in [5.74, 6) is -4.02. The number of cyclic esters (lactones) is 1. The highest BCUT2D eigenvalue weighted by atomic mass is 19.1. The number of aromatic nitrogens is 3. The number of carbonyl (C=O) groups excluding carboxylic acids is 8. The third-order valence-electron chi connectivity index (χ3n) is 16.2. The van der Waals surface area contributed by atoms with Crippen molar-refractivity contribution in [1.82, 2.24) is 46.0 Å². The van der Waals surface area contributed by atoms with E-state index in [1.54, 1.807) is 80.6 Å². The number of unbranched alkanes of at least 4 members (excludes halogenated alkanes) is 2. The maximum absolute atomic E-state index is 15.5. The number of amides is 7. The standard InChI is InChI=1S/C64H67FN10O14/c1-3-64(86)44-28-50-58-42(32-75(50)61(83)43(44)34-88-62(64)84)57-46(21-20-41-36(2)45(65)29-48(72-58)56(41)57)73-60(82)47-14-10-13-40(69-47)30-68-63(85)89-33-38-16-18-39(19-17-38)70-52(77)31-67-59(81)49(27-37-11-6-4-7-12-37)71-53(78)35-87-26-24-66-51(76)15-8-5-9-25-74-54(79)22-23-55(74)80/h4,6-7,10-14,16-19,22-23,28-29,46,49,54,79,86H,3,5,8-9,15,20-21,24-27,30-35H2,1-2H3,(H,66,76)(H,67,81)(H,68,85)(H,70,77)(H,71,78)(H,73,82)/t46-,49-,54?,64-/m0/s1. The maximum atomic E-state index is 15.5. The molecule has 3 aromatic heterocycles. The number of esters is 1. The second-order valence-corrected chi connectivity index (χ2v) is 22.1. The number of benzene rings is 3. The number of alkyl carbamates (subject to hydrolysis) is 1. The number of aliphatic hydroxyl groups is 2. The summed E-state index contributed by atoms with van der Waals surface area (Å²) in [6, 6.07) is 21.5. The van der Waals surface area contributed by atoms with Crippen LogP contribution in [0.2, 0.25) is 0 Å². The molecule has 1 unspecified atom stereocenters. The molecule has 0 radical (unpaired) electrons. The van der Waals surface area contributed by atoms with Crippen LogP contribution in [0.25, 0.3) is 22.3 Å². The first kappa shape index (κ1) is 62.3. The van der Waals surface area contributed by atoms with E-state index in [4.69, 9.17) is 19.2 Å². The molecule has 10 rings (SSSR count). The molecule has 0 saturated heterocycles. The van der Waals surface area contributed by atoms with Crippen molar-refractivity contribution in [1.29, 1.82) is 0 Å². The van der Waals surface area contributed by atoms with Gasteiger partial charge in [-0.15, -0.1) is 0 Å². The van der Waals surface area contributed by atoms with Crippen LogP contribution in [0.1, 0.15) is 112 Å². The molecule has 4 aliphatic rings. The summed E-state index contributed by atoms with van der Waals surface area (Å²) in [5, 5.41) is 38.3. The van der Waals surface area contributed by atoms with Crippen LogP contribution >= 0.6 is 0 Å². The zero-order chi connectivity index (χ0) is 62.9. The Morgan fingerprint density at radius 1 is 0.876 bits per heavy atom. The van der Waals surface area contributed by atoms with Gasteiger partial charge in [-0.05, 0) is 103 Å². The first-order valence-electron chi connectivity index (χ1n) is 29.4. The smallest absolute Gasteiger partial charge is 0.407 e. The summed E-state index contributed by atoms with van der Waals surface area (Å²) < 4.78 is 33.1. The van der Waals surface area contributed by atoms with Crippen molar-refractivity contribution in [3.8, 4) is 11.4 Å². The topological polar surface area (TPSA) is 328 Å². The lowest BCUT2D eigenvalue weighted by Gasteiger charge is -2.31.